The van der Waals surface area contributed by atoms with Crippen molar-refractivity contribution in [1.82, 2.24) is 20.0 Å². The van der Waals surface area contributed by atoms with E-state index >= 15 is 0 Å². The maximum Gasteiger partial charge on any atom is 0.325 e. The number of aryl methyl sites for hydroxylation is 1. The number of imide groups is 1. The Morgan fingerprint density at radius 2 is 2.04 bits per heavy atom. The summed E-state index contributed by atoms with van der Waals surface area (Å²) in [5, 5.41) is 6.78. The van der Waals surface area contributed by atoms with Crippen molar-refractivity contribution in [3.05, 3.63) is 53.4 Å². The Bertz CT molecular complexity index is 836. The molecule has 1 aliphatic heterocycles. The fourth-order valence-corrected chi connectivity index (χ4v) is 3.08. The average Bonchev–Trinajstić information content (AvgIpc) is 3.12. The molecule has 1 saturated heterocycles. The van der Waals surface area contributed by atoms with Gasteiger partial charge >= 0.3 is 6.03 Å². The average molecular weight is 348 g/mol. The highest BCUT2D eigenvalue weighted by Gasteiger charge is 2.51. The van der Waals surface area contributed by atoms with Gasteiger partial charge in [-0.05, 0) is 24.5 Å². The molecule has 6 nitrogen and oxygen atoms in total. The van der Waals surface area contributed by atoms with Crippen LogP contribution in [0.5, 0.6) is 0 Å². The largest absolute Gasteiger partial charge is 0.325 e. The van der Waals surface area contributed by atoms with Crippen molar-refractivity contribution in [2.24, 2.45) is 7.05 Å². The lowest BCUT2D eigenvalue weighted by Crippen LogP contribution is -2.43. The molecule has 1 N–H and O–H groups in total. The Hall–Kier alpha value is -2.77. The first-order chi connectivity index (χ1) is 11.9. The molecule has 1 fully saturated rings. The Morgan fingerprint density at radius 1 is 1.28 bits per heavy atom. The van der Waals surface area contributed by atoms with Gasteiger partial charge in [-0.25, -0.2) is 13.6 Å². The number of nitrogens with zero attached hydrogens (tertiary/aromatic N) is 3. The minimum absolute atomic E-state index is 0.0347. The van der Waals surface area contributed by atoms with E-state index in [1.54, 1.807) is 24.9 Å². The highest BCUT2D eigenvalue weighted by Crippen LogP contribution is 2.32. The minimum atomic E-state index is -1.17. The van der Waals surface area contributed by atoms with E-state index in [1.165, 1.54) is 18.3 Å². The lowest BCUT2D eigenvalue weighted by molar-refractivity contribution is -0.131. The number of benzene rings is 1. The van der Waals surface area contributed by atoms with E-state index in [2.05, 4.69) is 10.4 Å². The van der Waals surface area contributed by atoms with Crippen LogP contribution in [0.2, 0.25) is 0 Å². The van der Waals surface area contributed by atoms with Gasteiger partial charge in [-0.3, -0.25) is 14.4 Å². The van der Waals surface area contributed by atoms with Crippen molar-refractivity contribution in [2.45, 2.75) is 25.3 Å². The predicted molar refractivity (Wildman–Crippen MR) is 85.5 cm³/mol. The Kier molecular flexibility index (Phi) is 4.28. The maximum atomic E-state index is 13.8. The molecule has 0 unspecified atom stereocenters. The third-order valence-corrected chi connectivity index (χ3v) is 4.54. The number of rotatable bonds is 5. The number of hydrogen-bond acceptors (Lipinski definition) is 3. The van der Waals surface area contributed by atoms with Crippen LogP contribution in [-0.2, 0) is 23.8 Å². The SMILES string of the molecule is CC[C@]1(c2cnn(C)c2)NC(=O)N(CCc2cccc(F)c2F)C1=O. The quantitative estimate of drug-likeness (QED) is 0.842. The van der Waals surface area contributed by atoms with Gasteiger partial charge in [0.15, 0.2) is 11.6 Å². The predicted octanol–water partition coefficient (Wildman–Crippen LogP) is 2.10. The zero-order valence-electron chi connectivity index (χ0n) is 13.9. The summed E-state index contributed by atoms with van der Waals surface area (Å²) < 4.78 is 28.6. The number of carbonyl (C=O) groups excluding carboxylic acids is 2. The standard InChI is InChI=1S/C17H18F2N4O2/c1-3-17(12-9-20-22(2)10-12)15(24)23(16(25)21-17)8-7-11-5-4-6-13(18)14(11)19/h4-6,9-10H,3,7-8H2,1-2H3,(H,21,25)/t17-/m1/s1. The summed E-state index contributed by atoms with van der Waals surface area (Å²) in [6.45, 7) is 1.76. The molecule has 0 saturated carbocycles. The smallest absolute Gasteiger partial charge is 0.319 e. The number of halogens is 2. The number of amides is 3. The Labute approximate surface area is 143 Å². The molecule has 8 heteroatoms. The molecule has 1 aliphatic rings. The van der Waals surface area contributed by atoms with Crippen molar-refractivity contribution >= 4 is 11.9 Å². The van der Waals surface area contributed by atoms with Crippen LogP contribution in [0.15, 0.2) is 30.6 Å². The molecule has 132 valence electrons. The topological polar surface area (TPSA) is 67.2 Å². The maximum absolute atomic E-state index is 13.8. The van der Waals surface area contributed by atoms with Crippen LogP contribution in [0.3, 0.4) is 0 Å². The first-order valence-corrected chi connectivity index (χ1v) is 7.95. The molecule has 2 aromatic rings. The van der Waals surface area contributed by atoms with Crippen LogP contribution in [-0.4, -0.2) is 33.2 Å². The van der Waals surface area contributed by atoms with Crippen LogP contribution in [0.1, 0.15) is 24.5 Å². The van der Waals surface area contributed by atoms with Gasteiger partial charge in [-0.2, -0.15) is 5.10 Å². The molecule has 1 aromatic carbocycles. The number of carbonyl (C=O) groups is 2. The molecule has 2 heterocycles. The van der Waals surface area contributed by atoms with Gasteiger partial charge < -0.3 is 5.32 Å². The molecule has 1 aromatic heterocycles. The van der Waals surface area contributed by atoms with Gasteiger partial charge in [-0.1, -0.05) is 19.1 Å². The van der Waals surface area contributed by atoms with E-state index in [9.17, 15) is 18.4 Å². The number of urea groups is 1. The van der Waals surface area contributed by atoms with Crippen LogP contribution < -0.4 is 5.32 Å². The Balaban J connectivity index is 1.82. The molecule has 0 radical (unpaired) electrons. The normalized spacial score (nSPS) is 20.2. The Morgan fingerprint density at radius 3 is 2.68 bits per heavy atom. The second kappa shape index (κ2) is 6.27. The van der Waals surface area contributed by atoms with E-state index in [4.69, 9.17) is 0 Å². The summed E-state index contributed by atoms with van der Waals surface area (Å²) >= 11 is 0. The molecule has 3 rings (SSSR count). The summed E-state index contributed by atoms with van der Waals surface area (Å²) in [6.07, 6.45) is 3.61. The molecule has 25 heavy (non-hydrogen) atoms. The lowest BCUT2D eigenvalue weighted by Gasteiger charge is -2.23. The zero-order chi connectivity index (χ0) is 18.2. The molecule has 0 bridgehead atoms. The molecule has 0 aliphatic carbocycles. The summed E-state index contributed by atoms with van der Waals surface area (Å²) in [5.74, 6) is -2.32. The van der Waals surface area contributed by atoms with Crippen LogP contribution in [0.25, 0.3) is 0 Å². The highest BCUT2D eigenvalue weighted by molar-refractivity contribution is 6.07. The van der Waals surface area contributed by atoms with E-state index in [0.717, 1.165) is 11.0 Å². The fourth-order valence-electron chi connectivity index (χ4n) is 3.08. The number of nitrogens with one attached hydrogen (secondary N) is 1. The first-order valence-electron chi connectivity index (χ1n) is 7.95. The van der Waals surface area contributed by atoms with E-state index in [1.807, 2.05) is 0 Å². The third-order valence-electron chi connectivity index (χ3n) is 4.54. The van der Waals surface area contributed by atoms with Crippen molar-refractivity contribution in [3.8, 4) is 0 Å². The van der Waals surface area contributed by atoms with Crippen molar-refractivity contribution in [3.63, 3.8) is 0 Å². The number of aromatic nitrogens is 2. The first kappa shape index (κ1) is 17.1. The molecule has 3 amide bonds. The van der Waals surface area contributed by atoms with Crippen LogP contribution in [0.4, 0.5) is 13.6 Å². The van der Waals surface area contributed by atoms with E-state index in [0.29, 0.717) is 12.0 Å². The molecular formula is C17H18F2N4O2. The van der Waals surface area contributed by atoms with E-state index in [-0.39, 0.29) is 18.5 Å². The van der Waals surface area contributed by atoms with Gasteiger partial charge in [0.05, 0.1) is 6.20 Å². The summed E-state index contributed by atoms with van der Waals surface area (Å²) in [7, 11) is 1.72. The van der Waals surface area contributed by atoms with Crippen LogP contribution in [0, 0.1) is 11.6 Å². The second-order valence-corrected chi connectivity index (χ2v) is 6.01. The molecule has 0 spiro atoms. The van der Waals surface area contributed by atoms with Gasteiger partial charge in [0.25, 0.3) is 5.91 Å². The van der Waals surface area contributed by atoms with Crippen molar-refractivity contribution in [1.29, 1.82) is 0 Å². The van der Waals surface area contributed by atoms with Crippen LogP contribution >= 0.6 is 0 Å². The van der Waals surface area contributed by atoms with Gasteiger partial charge in [0.2, 0.25) is 0 Å². The highest BCUT2D eigenvalue weighted by atomic mass is 19.2. The van der Waals surface area contributed by atoms with Crippen molar-refractivity contribution < 1.29 is 18.4 Å². The summed E-state index contributed by atoms with van der Waals surface area (Å²) in [4.78, 5) is 26.2. The monoisotopic (exact) mass is 348 g/mol. The zero-order valence-corrected chi connectivity index (χ0v) is 13.9. The second-order valence-electron chi connectivity index (χ2n) is 6.01. The third kappa shape index (κ3) is 2.77. The van der Waals surface area contributed by atoms with Gasteiger partial charge in [-0.15, -0.1) is 0 Å². The van der Waals surface area contributed by atoms with E-state index < -0.39 is 29.1 Å². The van der Waals surface area contributed by atoms with Crippen molar-refractivity contribution in [2.75, 3.05) is 6.54 Å². The minimum Gasteiger partial charge on any atom is -0.319 e. The lowest BCUT2D eigenvalue weighted by atomic mass is 9.89. The van der Waals surface area contributed by atoms with Gasteiger partial charge in [0.1, 0.15) is 5.54 Å². The number of hydrogen-bond donors (Lipinski definition) is 1. The van der Waals surface area contributed by atoms with Gasteiger partial charge in [0, 0.05) is 25.4 Å². The molecular weight excluding hydrogens is 330 g/mol. The summed E-state index contributed by atoms with van der Waals surface area (Å²) in [6, 6.07) is 3.31. The molecule has 1 atom stereocenters. The fraction of sp³-hybridized carbons (Fsp3) is 0.353. The summed E-state index contributed by atoms with van der Waals surface area (Å²) in [5.41, 5.74) is -0.461.